The van der Waals surface area contributed by atoms with Crippen molar-refractivity contribution in [1.29, 1.82) is 0 Å². The summed E-state index contributed by atoms with van der Waals surface area (Å²) in [6.07, 6.45) is 3.38. The number of hydrogen-bond donors (Lipinski definition) is 2. The molecule has 0 saturated heterocycles. The Morgan fingerprint density at radius 3 is 2.48 bits per heavy atom. The molecule has 1 aliphatic rings. The van der Waals surface area contributed by atoms with Gasteiger partial charge in [0.2, 0.25) is 0 Å². The van der Waals surface area contributed by atoms with Gasteiger partial charge in [0.05, 0.1) is 25.5 Å². The predicted molar refractivity (Wildman–Crippen MR) is 155 cm³/mol. The Labute approximate surface area is 237 Å². The van der Waals surface area contributed by atoms with E-state index in [4.69, 9.17) is 14.2 Å². The molecule has 0 radical (unpaired) electrons. The fraction of sp³-hybridized carbons (Fsp3) is 0.333. The van der Waals surface area contributed by atoms with Crippen LogP contribution in [0.2, 0.25) is 0 Å². The van der Waals surface area contributed by atoms with Crippen LogP contribution in [0.5, 0.6) is 11.5 Å². The highest BCUT2D eigenvalue weighted by Gasteiger charge is 2.29. The minimum Gasteiger partial charge on any atom is -0.497 e. The maximum atomic E-state index is 13.1. The normalized spacial score (nSPS) is 15.2. The topological polar surface area (TPSA) is 115 Å². The molecule has 4 rings (SSSR count). The fourth-order valence-corrected chi connectivity index (χ4v) is 5.72. The van der Waals surface area contributed by atoms with E-state index in [1.807, 2.05) is 12.1 Å². The number of esters is 1. The largest absolute Gasteiger partial charge is 0.497 e. The van der Waals surface area contributed by atoms with Crippen molar-refractivity contribution in [2.75, 3.05) is 19.0 Å². The van der Waals surface area contributed by atoms with Crippen molar-refractivity contribution < 1.29 is 28.6 Å². The SMILES string of the molecule is CCOC(=O)c1c(NC(=O)c2ccc(O[C@H](C)C(=O)N/N=C\c3ccc(OC)cc3)cc2)sc2c1CC[C@@H](C)C2. The lowest BCUT2D eigenvalue weighted by Gasteiger charge is -2.18. The Balaban J connectivity index is 1.36. The Morgan fingerprint density at radius 2 is 1.80 bits per heavy atom. The van der Waals surface area contributed by atoms with E-state index in [0.29, 0.717) is 27.8 Å². The number of carbonyl (C=O) groups excluding carboxylic acids is 3. The van der Waals surface area contributed by atoms with Gasteiger partial charge in [-0.2, -0.15) is 5.10 Å². The molecule has 0 unspecified atom stereocenters. The number of carbonyl (C=O) groups is 3. The van der Waals surface area contributed by atoms with E-state index < -0.39 is 18.0 Å². The van der Waals surface area contributed by atoms with Gasteiger partial charge in [-0.15, -0.1) is 11.3 Å². The van der Waals surface area contributed by atoms with Crippen molar-refractivity contribution in [1.82, 2.24) is 5.43 Å². The number of benzene rings is 2. The monoisotopic (exact) mass is 563 g/mol. The molecule has 0 spiro atoms. The zero-order valence-corrected chi connectivity index (χ0v) is 23.8. The van der Waals surface area contributed by atoms with Crippen LogP contribution in [0.15, 0.2) is 53.6 Å². The van der Waals surface area contributed by atoms with E-state index in [9.17, 15) is 14.4 Å². The van der Waals surface area contributed by atoms with Gasteiger partial charge in [0.15, 0.2) is 6.10 Å². The number of ether oxygens (including phenoxy) is 3. The first-order valence-electron chi connectivity index (χ1n) is 13.2. The van der Waals surface area contributed by atoms with E-state index in [0.717, 1.165) is 41.0 Å². The summed E-state index contributed by atoms with van der Waals surface area (Å²) < 4.78 is 16.1. The number of hydrazone groups is 1. The number of hydrogen-bond acceptors (Lipinski definition) is 8. The van der Waals surface area contributed by atoms with Gasteiger partial charge in [-0.05, 0) is 98.7 Å². The molecule has 2 atom stereocenters. The molecule has 9 nitrogen and oxygen atoms in total. The van der Waals surface area contributed by atoms with E-state index in [-0.39, 0.29) is 12.5 Å². The van der Waals surface area contributed by atoms with E-state index >= 15 is 0 Å². The van der Waals surface area contributed by atoms with Gasteiger partial charge in [0.25, 0.3) is 11.8 Å². The number of fused-ring (bicyclic) bond motifs is 1. The van der Waals surface area contributed by atoms with Crippen LogP contribution in [0.25, 0.3) is 0 Å². The van der Waals surface area contributed by atoms with Gasteiger partial charge in [-0.1, -0.05) is 6.92 Å². The van der Waals surface area contributed by atoms with Crippen molar-refractivity contribution in [3.05, 3.63) is 75.7 Å². The second-order valence-corrected chi connectivity index (χ2v) is 10.6. The Bertz CT molecular complexity index is 1380. The van der Waals surface area contributed by atoms with Gasteiger partial charge < -0.3 is 19.5 Å². The van der Waals surface area contributed by atoms with Crippen LogP contribution in [0.3, 0.4) is 0 Å². The molecule has 2 aromatic carbocycles. The lowest BCUT2D eigenvalue weighted by atomic mass is 9.88. The summed E-state index contributed by atoms with van der Waals surface area (Å²) in [5, 5.41) is 7.39. The Morgan fingerprint density at radius 1 is 1.10 bits per heavy atom. The van der Waals surface area contributed by atoms with Crippen molar-refractivity contribution in [2.45, 2.75) is 46.1 Å². The summed E-state index contributed by atoms with van der Waals surface area (Å²) in [5.74, 6) is 0.506. The van der Waals surface area contributed by atoms with Crippen LogP contribution < -0.4 is 20.2 Å². The average Bonchev–Trinajstić information content (AvgIpc) is 3.30. The van der Waals surface area contributed by atoms with Gasteiger partial charge in [0.1, 0.15) is 16.5 Å². The Kier molecular flexibility index (Phi) is 9.55. The molecule has 1 aromatic heterocycles. The highest BCUT2D eigenvalue weighted by molar-refractivity contribution is 7.17. The number of rotatable bonds is 10. The first kappa shape index (κ1) is 28.8. The van der Waals surface area contributed by atoms with E-state index in [2.05, 4.69) is 22.8 Å². The van der Waals surface area contributed by atoms with E-state index in [1.165, 1.54) is 17.6 Å². The first-order chi connectivity index (χ1) is 19.3. The third-order valence-corrected chi connectivity index (χ3v) is 7.69. The minimum atomic E-state index is -0.820. The standard InChI is InChI=1S/C30H33N3O6S/c1-5-38-30(36)26-24-15-6-18(2)16-25(24)40-29(26)32-28(35)21-9-13-23(14-10-21)39-19(3)27(34)33-31-17-20-7-11-22(37-4)12-8-20/h7-14,17-19H,5-6,15-16H2,1-4H3,(H,32,35)(H,33,34)/b31-17-/t18-,19-/m1/s1. The van der Waals surface area contributed by atoms with Crippen molar-refractivity contribution in [2.24, 2.45) is 11.0 Å². The molecule has 3 aromatic rings. The third-order valence-electron chi connectivity index (χ3n) is 6.52. The minimum absolute atomic E-state index is 0.264. The molecule has 0 aliphatic heterocycles. The van der Waals surface area contributed by atoms with E-state index in [1.54, 1.807) is 57.4 Å². The molecular weight excluding hydrogens is 530 g/mol. The maximum Gasteiger partial charge on any atom is 0.341 e. The lowest BCUT2D eigenvalue weighted by Crippen LogP contribution is -2.33. The quantitative estimate of drug-likeness (QED) is 0.198. The number of anilines is 1. The summed E-state index contributed by atoms with van der Waals surface area (Å²) in [6.45, 7) is 5.82. The Hall–Kier alpha value is -4.18. The van der Waals surface area contributed by atoms with Crippen LogP contribution in [0, 0.1) is 5.92 Å². The van der Waals surface area contributed by atoms with Gasteiger partial charge in [-0.25, -0.2) is 10.2 Å². The summed E-state index contributed by atoms with van der Waals surface area (Å²) >= 11 is 1.45. The van der Waals surface area contributed by atoms with Crippen LogP contribution in [-0.2, 0) is 22.4 Å². The second-order valence-electron chi connectivity index (χ2n) is 9.52. The average molecular weight is 564 g/mol. The van der Waals surface area contributed by atoms with Crippen molar-refractivity contribution in [3.63, 3.8) is 0 Å². The van der Waals surface area contributed by atoms with Crippen LogP contribution in [-0.4, -0.2) is 43.8 Å². The van der Waals surface area contributed by atoms with Crippen molar-refractivity contribution in [3.8, 4) is 11.5 Å². The molecular formula is C30H33N3O6S. The predicted octanol–water partition coefficient (Wildman–Crippen LogP) is 5.23. The molecule has 210 valence electrons. The molecule has 10 heteroatoms. The van der Waals surface area contributed by atoms with Gasteiger partial charge >= 0.3 is 5.97 Å². The molecule has 1 aliphatic carbocycles. The summed E-state index contributed by atoms with van der Waals surface area (Å²) in [4.78, 5) is 39.3. The maximum absolute atomic E-state index is 13.1. The first-order valence-corrected chi connectivity index (χ1v) is 14.0. The zero-order chi connectivity index (χ0) is 28.6. The van der Waals surface area contributed by atoms with Gasteiger partial charge in [-0.3, -0.25) is 9.59 Å². The van der Waals surface area contributed by atoms with Crippen molar-refractivity contribution >= 4 is 40.3 Å². The molecule has 1 heterocycles. The number of nitrogens with zero attached hydrogens (tertiary/aromatic N) is 1. The number of amides is 2. The number of thiophene rings is 1. The highest BCUT2D eigenvalue weighted by atomic mass is 32.1. The molecule has 2 N–H and O–H groups in total. The molecule has 0 fully saturated rings. The molecule has 0 bridgehead atoms. The molecule has 40 heavy (non-hydrogen) atoms. The van der Waals surface area contributed by atoms with Gasteiger partial charge in [0, 0.05) is 10.4 Å². The van der Waals surface area contributed by atoms with Crippen LogP contribution >= 0.6 is 11.3 Å². The zero-order valence-electron chi connectivity index (χ0n) is 23.0. The summed E-state index contributed by atoms with van der Waals surface area (Å²) in [5.41, 5.74) is 5.11. The summed E-state index contributed by atoms with van der Waals surface area (Å²) in [7, 11) is 1.59. The lowest BCUT2D eigenvalue weighted by molar-refractivity contribution is -0.127. The second kappa shape index (κ2) is 13.3. The molecule has 0 saturated carbocycles. The number of methoxy groups -OCH3 is 1. The fourth-order valence-electron chi connectivity index (χ4n) is 4.33. The van der Waals surface area contributed by atoms with Crippen LogP contribution in [0.4, 0.5) is 5.00 Å². The smallest absolute Gasteiger partial charge is 0.341 e. The number of nitrogens with one attached hydrogen (secondary N) is 2. The summed E-state index contributed by atoms with van der Waals surface area (Å²) in [6, 6.07) is 13.7. The molecule has 2 amide bonds. The van der Waals surface area contributed by atoms with Crippen LogP contribution in [0.1, 0.15) is 63.9 Å². The highest BCUT2D eigenvalue weighted by Crippen LogP contribution is 2.40. The third kappa shape index (κ3) is 7.06.